The second kappa shape index (κ2) is 6.12. The number of anilines is 2. The normalized spacial score (nSPS) is 12.0. The van der Waals surface area contributed by atoms with E-state index in [1.807, 2.05) is 14.1 Å². The highest BCUT2D eigenvalue weighted by atomic mass is 16.5. The predicted molar refractivity (Wildman–Crippen MR) is 64.8 cm³/mol. The van der Waals surface area contributed by atoms with Gasteiger partial charge in [0.25, 0.3) is 0 Å². The lowest BCUT2D eigenvalue weighted by molar-refractivity contribution is -0.118. The molecule has 1 amide bonds. The molecule has 0 spiro atoms. The van der Waals surface area contributed by atoms with Crippen molar-refractivity contribution in [2.45, 2.75) is 6.04 Å². The zero-order chi connectivity index (χ0) is 12.8. The highest BCUT2D eigenvalue weighted by Crippen LogP contribution is 2.07. The molecule has 0 fully saturated rings. The van der Waals surface area contributed by atoms with E-state index in [0.717, 1.165) is 0 Å². The fourth-order valence-corrected chi connectivity index (χ4v) is 1.11. The van der Waals surface area contributed by atoms with Crippen molar-refractivity contribution in [3.63, 3.8) is 0 Å². The number of ether oxygens (including phenoxy) is 1. The number of hydrogen-bond acceptors (Lipinski definition) is 6. The van der Waals surface area contributed by atoms with Crippen molar-refractivity contribution in [3.05, 3.63) is 12.4 Å². The van der Waals surface area contributed by atoms with Crippen LogP contribution in [0.4, 0.5) is 11.6 Å². The van der Waals surface area contributed by atoms with Crippen LogP contribution in [0.2, 0.25) is 0 Å². The molecule has 0 aliphatic carbocycles. The quantitative estimate of drug-likeness (QED) is 0.716. The maximum Gasteiger partial charge on any atom is 0.243 e. The molecule has 0 aliphatic heterocycles. The molecule has 1 heterocycles. The Balaban J connectivity index is 2.60. The van der Waals surface area contributed by atoms with Crippen molar-refractivity contribution in [1.29, 1.82) is 0 Å². The Morgan fingerprint density at radius 1 is 1.53 bits per heavy atom. The molecule has 17 heavy (non-hydrogen) atoms. The molecular weight excluding hydrogens is 222 g/mol. The average molecular weight is 239 g/mol. The Morgan fingerprint density at radius 2 is 2.12 bits per heavy atom. The molecular formula is C10H17N5O2. The standard InChI is InChI=1S/C10H17N5O2/c1-15(2)10-12-4-7(5-13-10)14-9(16)8(11)6-17-3/h4-5,8H,6,11H2,1-3H3,(H,14,16). The van der Waals surface area contributed by atoms with Gasteiger partial charge in [0, 0.05) is 21.2 Å². The molecule has 1 aromatic rings. The lowest BCUT2D eigenvalue weighted by atomic mass is 10.3. The Bertz CT molecular complexity index is 365. The fourth-order valence-electron chi connectivity index (χ4n) is 1.11. The Hall–Kier alpha value is -1.73. The third-order valence-corrected chi connectivity index (χ3v) is 1.99. The molecule has 1 unspecified atom stereocenters. The van der Waals surface area contributed by atoms with Crippen LogP contribution in [-0.2, 0) is 9.53 Å². The molecule has 1 rings (SSSR count). The summed E-state index contributed by atoms with van der Waals surface area (Å²) in [5.41, 5.74) is 6.07. The fraction of sp³-hybridized carbons (Fsp3) is 0.500. The average Bonchev–Trinajstić information content (AvgIpc) is 2.30. The van der Waals surface area contributed by atoms with Gasteiger partial charge in [-0.1, -0.05) is 0 Å². The molecule has 0 aliphatic rings. The minimum absolute atomic E-state index is 0.169. The number of carbonyl (C=O) groups is 1. The van der Waals surface area contributed by atoms with Gasteiger partial charge >= 0.3 is 0 Å². The van der Waals surface area contributed by atoms with Crippen LogP contribution >= 0.6 is 0 Å². The summed E-state index contributed by atoms with van der Waals surface area (Å²) in [6.07, 6.45) is 3.06. The Morgan fingerprint density at radius 3 is 2.59 bits per heavy atom. The number of hydrogen-bond donors (Lipinski definition) is 2. The van der Waals surface area contributed by atoms with E-state index >= 15 is 0 Å². The number of nitrogens with zero attached hydrogens (tertiary/aromatic N) is 3. The van der Waals surface area contributed by atoms with Gasteiger partial charge < -0.3 is 20.7 Å². The first kappa shape index (κ1) is 13.3. The SMILES string of the molecule is COCC(N)C(=O)Nc1cnc(N(C)C)nc1. The number of carbonyl (C=O) groups excluding carboxylic acids is 1. The van der Waals surface area contributed by atoms with Crippen LogP contribution in [0.25, 0.3) is 0 Å². The van der Waals surface area contributed by atoms with Crippen LogP contribution in [0.15, 0.2) is 12.4 Å². The minimum Gasteiger partial charge on any atom is -0.383 e. The number of aromatic nitrogens is 2. The van der Waals surface area contributed by atoms with Gasteiger partial charge in [0.15, 0.2) is 0 Å². The third kappa shape index (κ3) is 3.97. The maximum atomic E-state index is 11.5. The molecule has 1 atom stereocenters. The highest BCUT2D eigenvalue weighted by molar-refractivity contribution is 5.94. The molecule has 7 heteroatoms. The number of amides is 1. The number of methoxy groups -OCH3 is 1. The maximum absolute atomic E-state index is 11.5. The van der Waals surface area contributed by atoms with Crippen LogP contribution in [-0.4, -0.2) is 49.7 Å². The highest BCUT2D eigenvalue weighted by Gasteiger charge is 2.13. The summed E-state index contributed by atoms with van der Waals surface area (Å²) in [6.45, 7) is 0.169. The first-order valence-corrected chi connectivity index (χ1v) is 5.09. The lowest BCUT2D eigenvalue weighted by Gasteiger charge is -2.12. The monoisotopic (exact) mass is 239 g/mol. The van der Waals surface area contributed by atoms with E-state index in [0.29, 0.717) is 11.6 Å². The van der Waals surface area contributed by atoms with Gasteiger partial charge in [-0.05, 0) is 0 Å². The van der Waals surface area contributed by atoms with Crippen LogP contribution in [0.3, 0.4) is 0 Å². The predicted octanol–water partition coefficient (Wildman–Crippen LogP) is -0.545. The zero-order valence-corrected chi connectivity index (χ0v) is 10.2. The van der Waals surface area contributed by atoms with Gasteiger partial charge in [0.1, 0.15) is 6.04 Å². The summed E-state index contributed by atoms with van der Waals surface area (Å²) < 4.78 is 4.79. The topological polar surface area (TPSA) is 93.4 Å². The molecule has 0 aromatic carbocycles. The third-order valence-electron chi connectivity index (χ3n) is 1.99. The van der Waals surface area contributed by atoms with E-state index in [1.54, 1.807) is 4.90 Å². The van der Waals surface area contributed by atoms with Crippen LogP contribution in [0, 0.1) is 0 Å². The molecule has 0 radical (unpaired) electrons. The van der Waals surface area contributed by atoms with E-state index in [1.165, 1.54) is 19.5 Å². The van der Waals surface area contributed by atoms with Gasteiger partial charge in [-0.25, -0.2) is 9.97 Å². The number of rotatable bonds is 5. The van der Waals surface area contributed by atoms with Gasteiger partial charge in [0.2, 0.25) is 11.9 Å². The van der Waals surface area contributed by atoms with Crippen LogP contribution < -0.4 is 16.0 Å². The summed E-state index contributed by atoms with van der Waals surface area (Å²) in [4.78, 5) is 21.4. The van der Waals surface area contributed by atoms with Crippen molar-refractivity contribution in [2.24, 2.45) is 5.73 Å². The van der Waals surface area contributed by atoms with Crippen LogP contribution in [0.5, 0.6) is 0 Å². The van der Waals surface area contributed by atoms with E-state index in [-0.39, 0.29) is 12.5 Å². The van der Waals surface area contributed by atoms with E-state index in [4.69, 9.17) is 10.5 Å². The summed E-state index contributed by atoms with van der Waals surface area (Å²) in [5, 5.41) is 2.61. The molecule has 0 bridgehead atoms. The summed E-state index contributed by atoms with van der Waals surface area (Å²) in [6, 6.07) is -0.700. The van der Waals surface area contributed by atoms with E-state index < -0.39 is 6.04 Å². The summed E-state index contributed by atoms with van der Waals surface area (Å²) in [7, 11) is 5.16. The Kier molecular flexibility index (Phi) is 4.80. The van der Waals surface area contributed by atoms with Crippen molar-refractivity contribution < 1.29 is 9.53 Å². The van der Waals surface area contributed by atoms with Gasteiger partial charge in [-0.15, -0.1) is 0 Å². The molecule has 3 N–H and O–H groups in total. The van der Waals surface area contributed by atoms with Gasteiger partial charge in [-0.3, -0.25) is 4.79 Å². The molecule has 7 nitrogen and oxygen atoms in total. The van der Waals surface area contributed by atoms with Gasteiger partial charge in [0.05, 0.1) is 24.7 Å². The summed E-state index contributed by atoms with van der Waals surface area (Å²) >= 11 is 0. The van der Waals surface area contributed by atoms with E-state index in [9.17, 15) is 4.79 Å². The van der Waals surface area contributed by atoms with Crippen molar-refractivity contribution in [1.82, 2.24) is 9.97 Å². The number of nitrogens with one attached hydrogen (secondary N) is 1. The van der Waals surface area contributed by atoms with Crippen molar-refractivity contribution >= 4 is 17.5 Å². The summed E-state index contributed by atoms with van der Waals surface area (Å²) in [5.74, 6) is 0.247. The largest absolute Gasteiger partial charge is 0.383 e. The second-order valence-corrected chi connectivity index (χ2v) is 3.72. The first-order chi connectivity index (χ1) is 8.04. The smallest absolute Gasteiger partial charge is 0.243 e. The minimum atomic E-state index is -0.700. The molecule has 94 valence electrons. The molecule has 0 saturated heterocycles. The first-order valence-electron chi connectivity index (χ1n) is 5.09. The second-order valence-electron chi connectivity index (χ2n) is 3.72. The zero-order valence-electron chi connectivity index (χ0n) is 10.2. The number of nitrogens with two attached hydrogens (primary N) is 1. The molecule has 0 saturated carbocycles. The van der Waals surface area contributed by atoms with E-state index in [2.05, 4.69) is 15.3 Å². The Labute approximate surface area is 100.0 Å². The molecule has 1 aromatic heterocycles. The van der Waals surface area contributed by atoms with Crippen molar-refractivity contribution in [2.75, 3.05) is 38.0 Å². The van der Waals surface area contributed by atoms with Crippen molar-refractivity contribution in [3.8, 4) is 0 Å². The van der Waals surface area contributed by atoms with Gasteiger partial charge in [-0.2, -0.15) is 0 Å². The lowest BCUT2D eigenvalue weighted by Crippen LogP contribution is -2.39. The van der Waals surface area contributed by atoms with Crippen LogP contribution in [0.1, 0.15) is 0 Å².